The summed E-state index contributed by atoms with van der Waals surface area (Å²) in [6.45, 7) is 6.10. The van der Waals surface area contributed by atoms with E-state index in [9.17, 15) is 9.59 Å². The second kappa shape index (κ2) is 9.45. The van der Waals surface area contributed by atoms with Crippen molar-refractivity contribution in [2.75, 3.05) is 23.3 Å². The minimum atomic E-state index is -0.283. The smallest absolute Gasteiger partial charge is 0.322 e. The number of carbonyl (C=O) groups excluding carboxylic acids is 2. The van der Waals surface area contributed by atoms with E-state index < -0.39 is 0 Å². The molecule has 1 heterocycles. The summed E-state index contributed by atoms with van der Waals surface area (Å²) in [5.74, 6) is -0.283. The first-order valence-corrected chi connectivity index (χ1v) is 11.1. The molecule has 0 bridgehead atoms. The summed E-state index contributed by atoms with van der Waals surface area (Å²) < 4.78 is 0. The molecule has 32 heavy (non-hydrogen) atoms. The van der Waals surface area contributed by atoms with Crippen LogP contribution in [0.4, 0.5) is 16.2 Å². The lowest BCUT2D eigenvalue weighted by molar-refractivity contribution is 0.102. The zero-order valence-electron chi connectivity index (χ0n) is 18.3. The summed E-state index contributed by atoms with van der Waals surface area (Å²) in [6.07, 6.45) is 0.882. The molecule has 3 aromatic rings. The van der Waals surface area contributed by atoms with Gasteiger partial charge < -0.3 is 10.2 Å². The number of rotatable bonds is 5. The minimum Gasteiger partial charge on any atom is -0.322 e. The van der Waals surface area contributed by atoms with E-state index in [2.05, 4.69) is 37.4 Å². The van der Waals surface area contributed by atoms with Crippen LogP contribution >= 0.6 is 11.6 Å². The lowest BCUT2D eigenvalue weighted by atomic mass is 10.0. The third kappa shape index (κ3) is 4.78. The second-order valence-electron chi connectivity index (χ2n) is 8.12. The Balaban J connectivity index is 1.51. The van der Waals surface area contributed by atoms with Gasteiger partial charge in [0.25, 0.3) is 5.91 Å². The van der Waals surface area contributed by atoms with E-state index in [0.29, 0.717) is 29.4 Å². The lowest BCUT2D eigenvalue weighted by Gasteiger charge is -2.36. The third-order valence-corrected chi connectivity index (χ3v) is 6.04. The number of hydrogen-bond acceptors (Lipinski definition) is 2. The van der Waals surface area contributed by atoms with Gasteiger partial charge in [-0.05, 0) is 61.7 Å². The van der Waals surface area contributed by atoms with Crippen molar-refractivity contribution in [3.05, 3.63) is 94.0 Å². The number of carbonyl (C=O) groups is 2. The highest BCUT2D eigenvalue weighted by molar-refractivity contribution is 6.34. The van der Waals surface area contributed by atoms with Crippen LogP contribution < -0.4 is 10.2 Å². The molecule has 6 heteroatoms. The van der Waals surface area contributed by atoms with Crippen molar-refractivity contribution in [3.8, 4) is 0 Å². The van der Waals surface area contributed by atoms with Crippen LogP contribution in [0.15, 0.2) is 66.7 Å². The van der Waals surface area contributed by atoms with Crippen LogP contribution in [0.2, 0.25) is 5.02 Å². The van der Waals surface area contributed by atoms with Crippen molar-refractivity contribution in [2.24, 2.45) is 0 Å². The van der Waals surface area contributed by atoms with Crippen LogP contribution in [0.3, 0.4) is 0 Å². The fourth-order valence-electron chi connectivity index (χ4n) is 3.94. The predicted molar refractivity (Wildman–Crippen MR) is 130 cm³/mol. The van der Waals surface area contributed by atoms with Crippen molar-refractivity contribution in [2.45, 2.75) is 26.8 Å². The molecule has 3 amide bonds. The predicted octanol–water partition coefficient (Wildman–Crippen LogP) is 6.04. The number of anilines is 2. The van der Waals surface area contributed by atoms with E-state index >= 15 is 0 Å². The average molecular weight is 448 g/mol. The Morgan fingerprint density at radius 3 is 2.62 bits per heavy atom. The van der Waals surface area contributed by atoms with Crippen molar-refractivity contribution < 1.29 is 9.59 Å². The van der Waals surface area contributed by atoms with Gasteiger partial charge in [0.05, 0.1) is 10.6 Å². The van der Waals surface area contributed by atoms with Crippen molar-refractivity contribution in [3.63, 3.8) is 0 Å². The summed E-state index contributed by atoms with van der Waals surface area (Å²) in [4.78, 5) is 29.6. The molecule has 0 radical (unpaired) electrons. The van der Waals surface area contributed by atoms with E-state index in [4.69, 9.17) is 11.6 Å². The van der Waals surface area contributed by atoms with Gasteiger partial charge >= 0.3 is 6.03 Å². The summed E-state index contributed by atoms with van der Waals surface area (Å²) in [6, 6.07) is 20.6. The number of halogens is 1. The Bertz CT molecular complexity index is 1160. The SMILES string of the molecule is Cc1ccc(C)c(CN2CCCN(c3cccc(NC(=O)c4ccccc4Cl)c3)C2=O)c1. The van der Waals surface area contributed by atoms with Gasteiger partial charge in [-0.2, -0.15) is 0 Å². The van der Waals surface area contributed by atoms with Crippen LogP contribution in [0.5, 0.6) is 0 Å². The molecule has 3 aromatic carbocycles. The van der Waals surface area contributed by atoms with Gasteiger partial charge in [0.1, 0.15) is 0 Å². The van der Waals surface area contributed by atoms with Crippen LogP contribution in [0, 0.1) is 13.8 Å². The molecule has 1 fully saturated rings. The number of hydrogen-bond donors (Lipinski definition) is 1. The van der Waals surface area contributed by atoms with Crippen molar-refractivity contribution >= 4 is 34.9 Å². The van der Waals surface area contributed by atoms with E-state index in [1.165, 1.54) is 16.7 Å². The van der Waals surface area contributed by atoms with Gasteiger partial charge in [-0.15, -0.1) is 0 Å². The van der Waals surface area contributed by atoms with Crippen LogP contribution in [-0.2, 0) is 6.54 Å². The molecule has 1 aliphatic rings. The summed E-state index contributed by atoms with van der Waals surface area (Å²) >= 11 is 6.14. The normalized spacial score (nSPS) is 13.9. The fraction of sp³-hybridized carbons (Fsp3) is 0.231. The monoisotopic (exact) mass is 447 g/mol. The highest BCUT2D eigenvalue weighted by Gasteiger charge is 2.27. The molecule has 4 rings (SSSR count). The van der Waals surface area contributed by atoms with E-state index in [-0.39, 0.29) is 11.9 Å². The Hall–Kier alpha value is -3.31. The molecular formula is C26H26ClN3O2. The Kier molecular flexibility index (Phi) is 6.47. The second-order valence-corrected chi connectivity index (χ2v) is 8.53. The average Bonchev–Trinajstić information content (AvgIpc) is 2.78. The maximum atomic E-state index is 13.3. The molecular weight excluding hydrogens is 422 g/mol. The molecule has 1 aliphatic heterocycles. The largest absolute Gasteiger partial charge is 0.324 e. The molecule has 5 nitrogen and oxygen atoms in total. The topological polar surface area (TPSA) is 52.6 Å². The zero-order valence-corrected chi connectivity index (χ0v) is 19.0. The summed E-state index contributed by atoms with van der Waals surface area (Å²) in [5, 5.41) is 3.28. The van der Waals surface area contributed by atoms with Gasteiger partial charge in [-0.3, -0.25) is 9.69 Å². The first-order valence-electron chi connectivity index (χ1n) is 10.7. The molecule has 1 N–H and O–H groups in total. The maximum absolute atomic E-state index is 13.3. The highest BCUT2D eigenvalue weighted by atomic mass is 35.5. The van der Waals surface area contributed by atoms with Gasteiger partial charge in [-0.1, -0.05) is 53.6 Å². The molecule has 0 aromatic heterocycles. The van der Waals surface area contributed by atoms with Crippen LogP contribution in [0.25, 0.3) is 0 Å². The number of aryl methyl sites for hydroxylation is 2. The van der Waals surface area contributed by atoms with Gasteiger partial charge in [0, 0.05) is 31.0 Å². The Morgan fingerprint density at radius 1 is 1.00 bits per heavy atom. The van der Waals surface area contributed by atoms with Gasteiger partial charge in [-0.25, -0.2) is 4.79 Å². The number of urea groups is 1. The number of nitrogens with one attached hydrogen (secondary N) is 1. The third-order valence-electron chi connectivity index (χ3n) is 5.71. The highest BCUT2D eigenvalue weighted by Crippen LogP contribution is 2.26. The first kappa shape index (κ1) is 21.9. The lowest BCUT2D eigenvalue weighted by Crippen LogP contribution is -2.49. The summed E-state index contributed by atoms with van der Waals surface area (Å²) in [7, 11) is 0. The molecule has 0 atom stereocenters. The van der Waals surface area contributed by atoms with Crippen molar-refractivity contribution in [1.82, 2.24) is 4.90 Å². The molecule has 0 saturated carbocycles. The van der Waals surface area contributed by atoms with E-state index in [0.717, 1.165) is 18.7 Å². The first-order chi connectivity index (χ1) is 15.4. The number of nitrogens with zero attached hydrogens (tertiary/aromatic N) is 2. The Morgan fingerprint density at radius 2 is 1.81 bits per heavy atom. The number of amides is 3. The van der Waals surface area contributed by atoms with E-state index in [1.807, 2.05) is 23.1 Å². The molecule has 0 spiro atoms. The fourth-order valence-corrected chi connectivity index (χ4v) is 4.16. The summed E-state index contributed by atoms with van der Waals surface area (Å²) in [5.41, 5.74) is 5.33. The Labute approximate surface area is 193 Å². The minimum absolute atomic E-state index is 0.0215. The van der Waals surface area contributed by atoms with Crippen LogP contribution in [-0.4, -0.2) is 29.9 Å². The van der Waals surface area contributed by atoms with Gasteiger partial charge in [0.15, 0.2) is 0 Å². The molecule has 0 unspecified atom stereocenters. The van der Waals surface area contributed by atoms with Crippen LogP contribution in [0.1, 0.15) is 33.5 Å². The standard InChI is InChI=1S/C26H26ClN3O2/c1-18-11-12-19(2)20(15-18)17-29-13-6-14-30(26(29)32)22-8-5-7-21(16-22)28-25(31)23-9-3-4-10-24(23)27/h3-5,7-12,15-16H,6,13-14,17H2,1-2H3,(H,28,31). The number of benzene rings is 3. The molecule has 1 saturated heterocycles. The quantitative estimate of drug-likeness (QED) is 0.518. The van der Waals surface area contributed by atoms with Crippen molar-refractivity contribution in [1.29, 1.82) is 0 Å². The molecule has 164 valence electrons. The maximum Gasteiger partial charge on any atom is 0.324 e. The van der Waals surface area contributed by atoms with E-state index in [1.54, 1.807) is 35.2 Å². The van der Waals surface area contributed by atoms with Gasteiger partial charge in [0.2, 0.25) is 0 Å². The molecule has 0 aliphatic carbocycles. The zero-order chi connectivity index (χ0) is 22.7.